The van der Waals surface area contributed by atoms with Crippen LogP contribution in [0, 0.1) is 18.7 Å². The highest BCUT2D eigenvalue weighted by atomic mass is 32.1. The Kier molecular flexibility index (Phi) is 6.28. The van der Waals surface area contributed by atoms with Crippen molar-refractivity contribution in [2.24, 2.45) is 5.92 Å². The Bertz CT molecular complexity index is 648. The minimum absolute atomic E-state index is 0.0785. The van der Waals surface area contributed by atoms with Gasteiger partial charge in [-0.1, -0.05) is 26.0 Å². The van der Waals surface area contributed by atoms with Crippen molar-refractivity contribution in [3.8, 4) is 0 Å². The van der Waals surface area contributed by atoms with Gasteiger partial charge < -0.3 is 5.32 Å². The quantitative estimate of drug-likeness (QED) is 0.823. The molecule has 124 valence electrons. The lowest BCUT2D eigenvalue weighted by atomic mass is 10.0. The highest BCUT2D eigenvalue weighted by Gasteiger charge is 2.15. The molecule has 0 atom stereocenters. The number of hydrogen-bond donors (Lipinski definition) is 1. The van der Waals surface area contributed by atoms with E-state index in [0.29, 0.717) is 6.54 Å². The van der Waals surface area contributed by atoms with Crippen molar-refractivity contribution in [1.82, 2.24) is 10.3 Å². The second-order valence-corrected chi connectivity index (χ2v) is 6.82. The standard InChI is InChI=1S/C18H23FN2OS/c1-4-14(5-2)18(22)20-11-17-21-12(3)16(23-17)10-13-6-8-15(19)9-7-13/h6-9,14H,4-5,10-11H2,1-3H3,(H,20,22). The highest BCUT2D eigenvalue weighted by molar-refractivity contribution is 7.11. The lowest BCUT2D eigenvalue weighted by Crippen LogP contribution is -2.29. The first-order valence-corrected chi connectivity index (χ1v) is 8.82. The molecule has 0 spiro atoms. The third-order valence-electron chi connectivity index (χ3n) is 3.99. The van der Waals surface area contributed by atoms with Crippen molar-refractivity contribution in [3.05, 3.63) is 51.2 Å². The number of aromatic nitrogens is 1. The summed E-state index contributed by atoms with van der Waals surface area (Å²) in [6.45, 7) is 6.51. The molecule has 0 fully saturated rings. The molecule has 0 aliphatic rings. The summed E-state index contributed by atoms with van der Waals surface area (Å²) in [4.78, 5) is 17.7. The minimum atomic E-state index is -0.223. The van der Waals surface area contributed by atoms with E-state index < -0.39 is 0 Å². The maximum absolute atomic E-state index is 13.0. The minimum Gasteiger partial charge on any atom is -0.349 e. The van der Waals surface area contributed by atoms with Crippen LogP contribution in [0.2, 0.25) is 0 Å². The van der Waals surface area contributed by atoms with Gasteiger partial charge in [0.05, 0.1) is 12.2 Å². The van der Waals surface area contributed by atoms with Gasteiger partial charge in [0, 0.05) is 17.2 Å². The number of benzene rings is 1. The van der Waals surface area contributed by atoms with Gasteiger partial charge in [0.1, 0.15) is 10.8 Å². The molecule has 0 radical (unpaired) electrons. The second-order valence-electron chi connectivity index (χ2n) is 5.65. The van der Waals surface area contributed by atoms with Gasteiger partial charge in [0.2, 0.25) is 5.91 Å². The fourth-order valence-corrected chi connectivity index (χ4v) is 3.53. The average molecular weight is 334 g/mol. The van der Waals surface area contributed by atoms with Crippen LogP contribution in [0.5, 0.6) is 0 Å². The van der Waals surface area contributed by atoms with E-state index in [0.717, 1.165) is 40.4 Å². The van der Waals surface area contributed by atoms with E-state index in [1.165, 1.54) is 12.1 Å². The number of carbonyl (C=O) groups excluding carboxylic acids is 1. The summed E-state index contributed by atoms with van der Waals surface area (Å²) >= 11 is 1.61. The second kappa shape index (κ2) is 8.20. The monoisotopic (exact) mass is 334 g/mol. The van der Waals surface area contributed by atoms with Crippen molar-refractivity contribution < 1.29 is 9.18 Å². The van der Waals surface area contributed by atoms with Crippen LogP contribution in [-0.4, -0.2) is 10.9 Å². The first kappa shape index (κ1) is 17.6. The van der Waals surface area contributed by atoms with Crippen LogP contribution in [-0.2, 0) is 17.8 Å². The normalized spacial score (nSPS) is 11.0. The molecule has 0 saturated heterocycles. The van der Waals surface area contributed by atoms with E-state index in [9.17, 15) is 9.18 Å². The Balaban J connectivity index is 1.98. The zero-order valence-corrected chi connectivity index (χ0v) is 14.7. The molecular formula is C18H23FN2OS. The van der Waals surface area contributed by atoms with Gasteiger partial charge in [-0.2, -0.15) is 0 Å². The molecule has 0 unspecified atom stereocenters. The van der Waals surface area contributed by atoms with Crippen molar-refractivity contribution in [2.45, 2.75) is 46.6 Å². The summed E-state index contributed by atoms with van der Waals surface area (Å²) in [5.41, 5.74) is 2.04. The van der Waals surface area contributed by atoms with E-state index in [2.05, 4.69) is 10.3 Å². The number of aryl methyl sites for hydroxylation is 1. The van der Waals surface area contributed by atoms with Crippen LogP contribution in [0.15, 0.2) is 24.3 Å². The molecule has 3 nitrogen and oxygen atoms in total. The van der Waals surface area contributed by atoms with Gasteiger partial charge >= 0.3 is 0 Å². The molecule has 1 aromatic carbocycles. The topological polar surface area (TPSA) is 42.0 Å². The van der Waals surface area contributed by atoms with E-state index in [-0.39, 0.29) is 17.6 Å². The maximum Gasteiger partial charge on any atom is 0.223 e. The first-order valence-electron chi connectivity index (χ1n) is 8.00. The molecule has 0 aliphatic carbocycles. The third kappa shape index (κ3) is 4.86. The Hall–Kier alpha value is -1.75. The number of nitrogens with one attached hydrogen (secondary N) is 1. The SMILES string of the molecule is CCC(CC)C(=O)NCc1nc(C)c(Cc2ccc(F)cc2)s1. The van der Waals surface area contributed by atoms with Gasteiger partial charge in [-0.05, 0) is 37.5 Å². The molecule has 2 aromatic rings. The summed E-state index contributed by atoms with van der Waals surface area (Å²) < 4.78 is 13.0. The smallest absolute Gasteiger partial charge is 0.223 e. The third-order valence-corrected chi connectivity index (χ3v) is 5.14. The highest BCUT2D eigenvalue weighted by Crippen LogP contribution is 2.22. The largest absolute Gasteiger partial charge is 0.349 e. The average Bonchev–Trinajstić information content (AvgIpc) is 2.89. The maximum atomic E-state index is 13.0. The predicted molar refractivity (Wildman–Crippen MR) is 92.0 cm³/mol. The van der Waals surface area contributed by atoms with E-state index in [1.54, 1.807) is 23.5 Å². The summed E-state index contributed by atoms with van der Waals surface area (Å²) in [5, 5.41) is 3.89. The van der Waals surface area contributed by atoms with Gasteiger partial charge in [-0.15, -0.1) is 11.3 Å². The molecule has 0 saturated carbocycles. The van der Waals surface area contributed by atoms with Crippen LogP contribution >= 0.6 is 11.3 Å². The molecular weight excluding hydrogens is 311 g/mol. The Morgan fingerprint density at radius 3 is 2.52 bits per heavy atom. The fourth-order valence-electron chi connectivity index (χ4n) is 2.48. The number of hydrogen-bond acceptors (Lipinski definition) is 3. The number of rotatable bonds is 7. The Morgan fingerprint density at radius 2 is 1.91 bits per heavy atom. The van der Waals surface area contributed by atoms with Crippen LogP contribution < -0.4 is 5.32 Å². The molecule has 2 rings (SSSR count). The molecule has 23 heavy (non-hydrogen) atoms. The van der Waals surface area contributed by atoms with E-state index in [4.69, 9.17) is 0 Å². The van der Waals surface area contributed by atoms with Crippen LogP contribution in [0.25, 0.3) is 0 Å². The lowest BCUT2D eigenvalue weighted by Gasteiger charge is -2.11. The number of carbonyl (C=O) groups is 1. The van der Waals surface area contributed by atoms with E-state index in [1.807, 2.05) is 20.8 Å². The lowest BCUT2D eigenvalue weighted by molar-refractivity contribution is -0.125. The van der Waals surface area contributed by atoms with Crippen LogP contribution in [0.3, 0.4) is 0 Å². The molecule has 0 bridgehead atoms. The van der Waals surface area contributed by atoms with Crippen LogP contribution in [0.4, 0.5) is 4.39 Å². The summed E-state index contributed by atoms with van der Waals surface area (Å²) in [6.07, 6.45) is 2.45. The Morgan fingerprint density at radius 1 is 1.26 bits per heavy atom. The van der Waals surface area contributed by atoms with Gasteiger partial charge in [0.25, 0.3) is 0 Å². The van der Waals surface area contributed by atoms with Crippen LogP contribution in [0.1, 0.15) is 47.8 Å². The number of nitrogens with zero attached hydrogens (tertiary/aromatic N) is 1. The van der Waals surface area contributed by atoms with Crippen molar-refractivity contribution >= 4 is 17.2 Å². The molecule has 5 heteroatoms. The number of amides is 1. The zero-order chi connectivity index (χ0) is 16.8. The Labute approximate surface area is 141 Å². The zero-order valence-electron chi connectivity index (χ0n) is 13.9. The number of thiazole rings is 1. The molecule has 1 heterocycles. The fraction of sp³-hybridized carbons (Fsp3) is 0.444. The summed E-state index contributed by atoms with van der Waals surface area (Å²) in [7, 11) is 0. The predicted octanol–water partition coefficient (Wildman–Crippen LogP) is 4.23. The molecule has 1 amide bonds. The molecule has 0 aliphatic heterocycles. The molecule has 1 N–H and O–H groups in total. The van der Waals surface area contributed by atoms with E-state index >= 15 is 0 Å². The van der Waals surface area contributed by atoms with Gasteiger partial charge in [-0.25, -0.2) is 9.37 Å². The van der Waals surface area contributed by atoms with Crippen molar-refractivity contribution in [3.63, 3.8) is 0 Å². The van der Waals surface area contributed by atoms with Gasteiger partial charge in [0.15, 0.2) is 0 Å². The van der Waals surface area contributed by atoms with Crippen molar-refractivity contribution in [2.75, 3.05) is 0 Å². The summed E-state index contributed by atoms with van der Waals surface area (Å²) in [5.74, 6) is -0.0442. The number of halogens is 1. The molecule has 1 aromatic heterocycles. The first-order chi connectivity index (χ1) is 11.0. The van der Waals surface area contributed by atoms with Gasteiger partial charge in [-0.3, -0.25) is 4.79 Å². The summed E-state index contributed by atoms with van der Waals surface area (Å²) in [6, 6.07) is 6.54. The van der Waals surface area contributed by atoms with Crippen molar-refractivity contribution in [1.29, 1.82) is 0 Å².